The molecule has 4 nitrogen and oxygen atoms in total. The lowest BCUT2D eigenvalue weighted by atomic mass is 10.2. The molecular weight excluding hydrogens is 248 g/mol. The molecule has 1 aromatic carbocycles. The summed E-state index contributed by atoms with van der Waals surface area (Å²) in [5.74, 6) is 0. The molecule has 1 aromatic heterocycles. The van der Waals surface area contributed by atoms with Gasteiger partial charge in [-0.2, -0.15) is 5.26 Å². The first-order chi connectivity index (χ1) is 8.74. The van der Waals surface area contributed by atoms with E-state index in [0.717, 1.165) is 23.4 Å². The highest BCUT2D eigenvalue weighted by Gasteiger charge is 2.10. The van der Waals surface area contributed by atoms with Crippen molar-refractivity contribution in [3.8, 4) is 6.07 Å². The maximum Gasteiger partial charge on any atom is 0.0999 e. The lowest BCUT2D eigenvalue weighted by Crippen LogP contribution is -2.06. The Kier molecular flexibility index (Phi) is 3.96. The van der Waals surface area contributed by atoms with Crippen molar-refractivity contribution in [2.24, 2.45) is 0 Å². The molecule has 18 heavy (non-hydrogen) atoms. The van der Waals surface area contributed by atoms with E-state index in [1.807, 2.05) is 35.9 Å². The lowest BCUT2D eigenvalue weighted by molar-refractivity contribution is 0.622. The van der Waals surface area contributed by atoms with Crippen LogP contribution in [0.5, 0.6) is 0 Å². The number of hydrogen-bond acceptors (Lipinski definition) is 3. The average molecular weight is 261 g/mol. The Labute approximate surface area is 111 Å². The van der Waals surface area contributed by atoms with Crippen LogP contribution in [0.1, 0.15) is 23.9 Å². The normalized spacial score (nSPS) is 10.3. The predicted octanol–water partition coefficient (Wildman–Crippen LogP) is 2.61. The fourth-order valence-electron chi connectivity index (χ4n) is 1.90. The quantitative estimate of drug-likeness (QED) is 0.849. The third-order valence-corrected chi connectivity index (χ3v) is 2.96. The standard InChI is InChI=1S/C13H13ClN4/c1-2-13-12(6-7-15)16-17-18(13)9-10-4-3-5-11(14)8-10/h3-5,8H,2,6,9H2,1H3. The summed E-state index contributed by atoms with van der Waals surface area (Å²) in [4.78, 5) is 0. The lowest BCUT2D eigenvalue weighted by Gasteiger charge is -2.05. The van der Waals surface area contributed by atoms with Gasteiger partial charge in [-0.15, -0.1) is 5.10 Å². The van der Waals surface area contributed by atoms with Gasteiger partial charge in [0.15, 0.2) is 0 Å². The van der Waals surface area contributed by atoms with Gasteiger partial charge in [0.05, 0.1) is 30.4 Å². The minimum Gasteiger partial charge on any atom is -0.245 e. The fraction of sp³-hybridized carbons (Fsp3) is 0.308. The van der Waals surface area contributed by atoms with E-state index in [-0.39, 0.29) is 0 Å². The second kappa shape index (κ2) is 5.65. The number of benzene rings is 1. The van der Waals surface area contributed by atoms with E-state index in [4.69, 9.17) is 16.9 Å². The predicted molar refractivity (Wildman–Crippen MR) is 69.3 cm³/mol. The number of nitrogens with zero attached hydrogens (tertiary/aromatic N) is 4. The molecular formula is C13H13ClN4. The highest BCUT2D eigenvalue weighted by Crippen LogP contribution is 2.14. The smallest absolute Gasteiger partial charge is 0.0999 e. The molecule has 1 heterocycles. The minimum absolute atomic E-state index is 0.304. The van der Waals surface area contributed by atoms with Crippen LogP contribution in [0.15, 0.2) is 24.3 Å². The van der Waals surface area contributed by atoms with Crippen molar-refractivity contribution >= 4 is 11.6 Å². The van der Waals surface area contributed by atoms with Gasteiger partial charge in [-0.25, -0.2) is 4.68 Å². The molecule has 0 spiro atoms. The molecule has 2 rings (SSSR count). The van der Waals surface area contributed by atoms with Gasteiger partial charge in [0, 0.05) is 5.02 Å². The van der Waals surface area contributed by atoms with Crippen LogP contribution in [0.3, 0.4) is 0 Å². The number of hydrogen-bond donors (Lipinski definition) is 0. The van der Waals surface area contributed by atoms with Gasteiger partial charge in [0.2, 0.25) is 0 Å². The van der Waals surface area contributed by atoms with Gasteiger partial charge >= 0.3 is 0 Å². The van der Waals surface area contributed by atoms with Crippen molar-refractivity contribution in [2.75, 3.05) is 0 Å². The summed E-state index contributed by atoms with van der Waals surface area (Å²) in [6, 6.07) is 9.77. The average Bonchev–Trinajstić information content (AvgIpc) is 2.72. The minimum atomic E-state index is 0.304. The van der Waals surface area contributed by atoms with E-state index >= 15 is 0 Å². The largest absolute Gasteiger partial charge is 0.245 e. The zero-order chi connectivity index (χ0) is 13.0. The fourth-order valence-corrected chi connectivity index (χ4v) is 2.12. The molecule has 0 aliphatic rings. The van der Waals surface area contributed by atoms with Crippen molar-refractivity contribution < 1.29 is 0 Å². The Morgan fingerprint density at radius 3 is 2.94 bits per heavy atom. The van der Waals surface area contributed by atoms with Crippen LogP contribution in [0.25, 0.3) is 0 Å². The molecule has 0 bridgehead atoms. The van der Waals surface area contributed by atoms with Gasteiger partial charge in [-0.3, -0.25) is 0 Å². The molecule has 0 fully saturated rings. The zero-order valence-electron chi connectivity index (χ0n) is 10.1. The highest BCUT2D eigenvalue weighted by molar-refractivity contribution is 6.30. The third kappa shape index (κ3) is 2.69. The molecule has 0 atom stereocenters. The Bertz CT molecular complexity index is 583. The van der Waals surface area contributed by atoms with Crippen LogP contribution in [-0.4, -0.2) is 15.0 Å². The van der Waals surface area contributed by atoms with Crippen LogP contribution < -0.4 is 0 Å². The maximum atomic E-state index is 8.73. The molecule has 2 aromatic rings. The molecule has 0 saturated carbocycles. The molecule has 0 aliphatic carbocycles. The molecule has 5 heteroatoms. The zero-order valence-corrected chi connectivity index (χ0v) is 10.9. The van der Waals surface area contributed by atoms with E-state index in [1.165, 1.54) is 0 Å². The first-order valence-electron chi connectivity index (χ1n) is 5.77. The first kappa shape index (κ1) is 12.6. The summed E-state index contributed by atoms with van der Waals surface area (Å²) >= 11 is 5.95. The molecule has 92 valence electrons. The summed E-state index contributed by atoms with van der Waals surface area (Å²) in [6.07, 6.45) is 1.11. The van der Waals surface area contributed by atoms with Crippen molar-refractivity contribution in [1.82, 2.24) is 15.0 Å². The summed E-state index contributed by atoms with van der Waals surface area (Å²) in [5, 5.41) is 17.6. The first-order valence-corrected chi connectivity index (χ1v) is 6.15. The number of rotatable bonds is 4. The Morgan fingerprint density at radius 2 is 2.28 bits per heavy atom. The molecule has 0 N–H and O–H groups in total. The third-order valence-electron chi connectivity index (χ3n) is 2.72. The Hall–Kier alpha value is -1.86. The maximum absolute atomic E-state index is 8.73. The molecule has 0 aliphatic heterocycles. The van der Waals surface area contributed by atoms with Gasteiger partial charge in [0.1, 0.15) is 0 Å². The summed E-state index contributed by atoms with van der Waals surface area (Å²) in [5.41, 5.74) is 2.85. The van der Waals surface area contributed by atoms with Crippen molar-refractivity contribution in [2.45, 2.75) is 26.3 Å². The second-order valence-corrected chi connectivity index (χ2v) is 4.40. The van der Waals surface area contributed by atoms with E-state index in [2.05, 4.69) is 16.4 Å². The van der Waals surface area contributed by atoms with Gasteiger partial charge < -0.3 is 0 Å². The van der Waals surface area contributed by atoms with Crippen molar-refractivity contribution in [1.29, 1.82) is 5.26 Å². The molecule has 0 saturated heterocycles. The molecule has 0 unspecified atom stereocenters. The van der Waals surface area contributed by atoms with Crippen molar-refractivity contribution in [3.05, 3.63) is 46.2 Å². The number of halogens is 1. The van der Waals surface area contributed by atoms with E-state index in [0.29, 0.717) is 18.0 Å². The highest BCUT2D eigenvalue weighted by atomic mass is 35.5. The van der Waals surface area contributed by atoms with Gasteiger partial charge in [-0.1, -0.05) is 35.9 Å². The summed E-state index contributed by atoms with van der Waals surface area (Å²) in [6.45, 7) is 2.66. The van der Waals surface area contributed by atoms with E-state index < -0.39 is 0 Å². The van der Waals surface area contributed by atoms with Crippen LogP contribution >= 0.6 is 11.6 Å². The van der Waals surface area contributed by atoms with Gasteiger partial charge in [0.25, 0.3) is 0 Å². The number of nitriles is 1. The van der Waals surface area contributed by atoms with E-state index in [9.17, 15) is 0 Å². The van der Waals surface area contributed by atoms with E-state index in [1.54, 1.807) is 0 Å². The summed E-state index contributed by atoms with van der Waals surface area (Å²) in [7, 11) is 0. The monoisotopic (exact) mass is 260 g/mol. The van der Waals surface area contributed by atoms with Crippen LogP contribution in [-0.2, 0) is 19.4 Å². The second-order valence-electron chi connectivity index (χ2n) is 3.96. The van der Waals surface area contributed by atoms with Gasteiger partial charge in [-0.05, 0) is 24.1 Å². The topological polar surface area (TPSA) is 54.5 Å². The summed E-state index contributed by atoms with van der Waals surface area (Å²) < 4.78 is 1.83. The van der Waals surface area contributed by atoms with Crippen LogP contribution in [0.2, 0.25) is 5.02 Å². The van der Waals surface area contributed by atoms with Crippen LogP contribution in [0.4, 0.5) is 0 Å². The molecule has 0 amide bonds. The van der Waals surface area contributed by atoms with Crippen LogP contribution in [0, 0.1) is 11.3 Å². The Morgan fingerprint density at radius 1 is 1.44 bits per heavy atom. The SMILES string of the molecule is CCc1c(CC#N)nnn1Cc1cccc(Cl)c1. The number of aromatic nitrogens is 3. The Balaban J connectivity index is 2.27. The molecule has 0 radical (unpaired) electrons. The van der Waals surface area contributed by atoms with Crippen molar-refractivity contribution in [3.63, 3.8) is 0 Å².